The molecule has 0 bridgehead atoms. The number of nitrogens with zero attached hydrogens (tertiary/aromatic N) is 3. The minimum atomic E-state index is -1.05. The zero-order valence-corrected chi connectivity index (χ0v) is 20.5. The summed E-state index contributed by atoms with van der Waals surface area (Å²) in [6, 6.07) is 13.8. The molecular weight excluding hydrogens is 454 g/mol. The first-order chi connectivity index (χ1) is 16.2. The first-order valence-corrected chi connectivity index (χ1v) is 11.7. The van der Waals surface area contributed by atoms with Gasteiger partial charge in [-0.25, -0.2) is 9.79 Å². The highest BCUT2D eigenvalue weighted by Gasteiger charge is 2.42. The van der Waals surface area contributed by atoms with E-state index in [0.29, 0.717) is 36.4 Å². The van der Waals surface area contributed by atoms with Crippen LogP contribution in [0.15, 0.2) is 53.5 Å². The van der Waals surface area contributed by atoms with E-state index in [1.807, 2.05) is 25.1 Å². The SMILES string of the molecule is CC1=NC(=O)N(CCCN(C)C(=O)CCc2cccc(C)c2)C(c2cccc(Cl)c2)C1C(=O)O. The number of hydrogen-bond donors (Lipinski definition) is 1. The summed E-state index contributed by atoms with van der Waals surface area (Å²) in [5, 5.41) is 10.3. The lowest BCUT2D eigenvalue weighted by atomic mass is 9.87. The average molecular weight is 484 g/mol. The Morgan fingerprint density at radius 1 is 1.15 bits per heavy atom. The van der Waals surface area contributed by atoms with Crippen LogP contribution in [0.25, 0.3) is 0 Å². The van der Waals surface area contributed by atoms with Gasteiger partial charge in [0.05, 0.1) is 6.04 Å². The second kappa shape index (κ2) is 11.3. The maximum absolute atomic E-state index is 12.8. The molecule has 2 aromatic carbocycles. The normalized spacial score (nSPS) is 17.9. The molecule has 0 fully saturated rings. The largest absolute Gasteiger partial charge is 0.481 e. The van der Waals surface area contributed by atoms with Gasteiger partial charge in [-0.3, -0.25) is 9.59 Å². The molecule has 0 radical (unpaired) electrons. The van der Waals surface area contributed by atoms with Crippen LogP contribution < -0.4 is 0 Å². The zero-order valence-electron chi connectivity index (χ0n) is 19.7. The van der Waals surface area contributed by atoms with Gasteiger partial charge in [-0.1, -0.05) is 53.6 Å². The van der Waals surface area contributed by atoms with Crippen LogP contribution in [0.2, 0.25) is 5.02 Å². The topological polar surface area (TPSA) is 90.3 Å². The van der Waals surface area contributed by atoms with E-state index in [4.69, 9.17) is 11.6 Å². The van der Waals surface area contributed by atoms with E-state index in [9.17, 15) is 19.5 Å². The van der Waals surface area contributed by atoms with Gasteiger partial charge in [-0.05, 0) is 49.9 Å². The van der Waals surface area contributed by atoms with Gasteiger partial charge in [0.25, 0.3) is 0 Å². The number of amides is 3. The van der Waals surface area contributed by atoms with Crippen LogP contribution in [0, 0.1) is 12.8 Å². The molecule has 0 aliphatic carbocycles. The van der Waals surface area contributed by atoms with Gasteiger partial charge in [0, 0.05) is 37.3 Å². The van der Waals surface area contributed by atoms with Crippen molar-refractivity contribution in [1.82, 2.24) is 9.80 Å². The first-order valence-electron chi connectivity index (χ1n) is 11.3. The summed E-state index contributed by atoms with van der Waals surface area (Å²) in [6.07, 6.45) is 1.56. The van der Waals surface area contributed by atoms with Crippen LogP contribution in [0.1, 0.15) is 42.5 Å². The standard InChI is InChI=1S/C26H30ClN3O4/c1-17-7-4-8-19(15-17)11-12-22(31)29(3)13-6-14-30-24(20-9-5-10-21(27)16-20)23(25(32)33)18(2)28-26(30)34/h4-5,7-10,15-16,23-24H,6,11-14H2,1-3H3,(H,32,33). The molecule has 3 rings (SSSR count). The molecule has 0 spiro atoms. The highest BCUT2D eigenvalue weighted by molar-refractivity contribution is 6.30. The number of benzene rings is 2. The molecule has 34 heavy (non-hydrogen) atoms. The molecule has 2 unspecified atom stereocenters. The lowest BCUT2D eigenvalue weighted by molar-refractivity contribution is -0.141. The van der Waals surface area contributed by atoms with E-state index < -0.39 is 24.0 Å². The molecule has 2 atom stereocenters. The van der Waals surface area contributed by atoms with E-state index in [-0.39, 0.29) is 18.2 Å². The number of carbonyl (C=O) groups excluding carboxylic acids is 2. The molecule has 3 amide bonds. The van der Waals surface area contributed by atoms with Gasteiger partial charge < -0.3 is 14.9 Å². The minimum Gasteiger partial charge on any atom is -0.481 e. The van der Waals surface area contributed by atoms with Gasteiger partial charge >= 0.3 is 12.0 Å². The average Bonchev–Trinajstić information content (AvgIpc) is 2.78. The molecule has 0 saturated carbocycles. The second-order valence-electron chi connectivity index (χ2n) is 8.70. The molecule has 0 saturated heterocycles. The van der Waals surface area contributed by atoms with Gasteiger partial charge in [0.1, 0.15) is 5.92 Å². The predicted molar refractivity (Wildman–Crippen MR) is 132 cm³/mol. The maximum Gasteiger partial charge on any atom is 0.344 e. The molecule has 1 N–H and O–H groups in total. The van der Waals surface area contributed by atoms with Crippen molar-refractivity contribution in [3.05, 3.63) is 70.2 Å². The molecule has 2 aromatic rings. The van der Waals surface area contributed by atoms with E-state index in [2.05, 4.69) is 11.1 Å². The fraction of sp³-hybridized carbons (Fsp3) is 0.385. The Kier molecular flexibility index (Phi) is 8.45. The number of rotatable bonds is 9. The fourth-order valence-corrected chi connectivity index (χ4v) is 4.53. The van der Waals surface area contributed by atoms with Gasteiger partial charge in [0.2, 0.25) is 5.91 Å². The Hall–Kier alpha value is -3.19. The third kappa shape index (κ3) is 6.23. The van der Waals surface area contributed by atoms with Gasteiger partial charge in [0.15, 0.2) is 0 Å². The zero-order chi connectivity index (χ0) is 24.8. The second-order valence-corrected chi connectivity index (χ2v) is 9.14. The Morgan fingerprint density at radius 2 is 1.88 bits per heavy atom. The number of aryl methyl sites for hydroxylation is 2. The molecular formula is C26H30ClN3O4. The predicted octanol–water partition coefficient (Wildman–Crippen LogP) is 4.77. The van der Waals surface area contributed by atoms with Crippen molar-refractivity contribution in [2.45, 2.75) is 39.2 Å². The minimum absolute atomic E-state index is 0.0233. The molecule has 0 aromatic heterocycles. The van der Waals surface area contributed by atoms with E-state index >= 15 is 0 Å². The van der Waals surface area contributed by atoms with Crippen molar-refractivity contribution < 1.29 is 19.5 Å². The summed E-state index contributed by atoms with van der Waals surface area (Å²) in [5.74, 6) is -1.99. The van der Waals surface area contributed by atoms with Crippen LogP contribution in [0.3, 0.4) is 0 Å². The summed E-state index contributed by atoms with van der Waals surface area (Å²) >= 11 is 6.15. The third-order valence-corrected chi connectivity index (χ3v) is 6.34. The van der Waals surface area contributed by atoms with E-state index in [0.717, 1.165) is 11.1 Å². The summed E-state index contributed by atoms with van der Waals surface area (Å²) in [4.78, 5) is 44.5. The molecule has 7 nitrogen and oxygen atoms in total. The van der Waals surface area contributed by atoms with Crippen molar-refractivity contribution in [2.75, 3.05) is 20.1 Å². The quantitative estimate of drug-likeness (QED) is 0.556. The molecule has 1 aliphatic heterocycles. The van der Waals surface area contributed by atoms with Crippen LogP contribution in [0.5, 0.6) is 0 Å². The first kappa shape index (κ1) is 25.4. The highest BCUT2D eigenvalue weighted by Crippen LogP contribution is 2.35. The lowest BCUT2D eigenvalue weighted by Crippen LogP contribution is -2.47. The number of hydrogen-bond acceptors (Lipinski definition) is 3. The maximum atomic E-state index is 12.8. The monoisotopic (exact) mass is 483 g/mol. The Bertz CT molecular complexity index is 1100. The van der Waals surface area contributed by atoms with Crippen LogP contribution >= 0.6 is 11.6 Å². The van der Waals surface area contributed by atoms with Gasteiger partial charge in [-0.15, -0.1) is 0 Å². The van der Waals surface area contributed by atoms with E-state index in [1.165, 1.54) is 4.90 Å². The molecule has 180 valence electrons. The Balaban J connectivity index is 1.65. The Morgan fingerprint density at radius 3 is 2.56 bits per heavy atom. The summed E-state index contributed by atoms with van der Waals surface area (Å²) in [5.41, 5.74) is 3.20. The number of aliphatic imine (C=N–C) groups is 1. The number of carboxylic acids is 1. The van der Waals surface area contributed by atoms with Crippen LogP contribution in [-0.2, 0) is 16.0 Å². The molecule has 1 heterocycles. The van der Waals surface area contributed by atoms with Crippen molar-refractivity contribution in [1.29, 1.82) is 0 Å². The summed E-state index contributed by atoms with van der Waals surface area (Å²) in [6.45, 7) is 4.30. The number of carboxylic acid groups (broad SMARTS) is 1. The number of carbonyl (C=O) groups is 3. The fourth-order valence-electron chi connectivity index (χ4n) is 4.34. The lowest BCUT2D eigenvalue weighted by Gasteiger charge is -2.38. The van der Waals surface area contributed by atoms with Crippen molar-refractivity contribution in [2.24, 2.45) is 10.9 Å². The third-order valence-electron chi connectivity index (χ3n) is 6.10. The summed E-state index contributed by atoms with van der Waals surface area (Å²) < 4.78 is 0. The number of halogens is 1. The van der Waals surface area contributed by atoms with Crippen LogP contribution in [-0.4, -0.2) is 58.7 Å². The van der Waals surface area contributed by atoms with Crippen molar-refractivity contribution in [3.63, 3.8) is 0 Å². The van der Waals surface area contributed by atoms with Gasteiger partial charge in [-0.2, -0.15) is 0 Å². The number of aliphatic carboxylic acids is 1. The van der Waals surface area contributed by atoms with Crippen LogP contribution in [0.4, 0.5) is 4.79 Å². The molecule has 8 heteroatoms. The van der Waals surface area contributed by atoms with Crippen molar-refractivity contribution in [3.8, 4) is 0 Å². The van der Waals surface area contributed by atoms with Crippen molar-refractivity contribution >= 4 is 35.2 Å². The smallest absolute Gasteiger partial charge is 0.344 e. The molecule has 1 aliphatic rings. The summed E-state index contributed by atoms with van der Waals surface area (Å²) in [7, 11) is 1.74. The number of urea groups is 1. The highest BCUT2D eigenvalue weighted by atomic mass is 35.5. The Labute approximate surface area is 205 Å². The van der Waals surface area contributed by atoms with E-state index in [1.54, 1.807) is 43.1 Å².